The van der Waals surface area contributed by atoms with Crippen molar-refractivity contribution < 1.29 is 9.59 Å². The first-order chi connectivity index (χ1) is 16.5. The van der Waals surface area contributed by atoms with Gasteiger partial charge in [-0.3, -0.25) is 14.6 Å². The van der Waals surface area contributed by atoms with E-state index in [2.05, 4.69) is 25.8 Å². The van der Waals surface area contributed by atoms with Crippen LogP contribution in [0.2, 0.25) is 0 Å². The van der Waals surface area contributed by atoms with Gasteiger partial charge in [0.1, 0.15) is 10.7 Å². The van der Waals surface area contributed by atoms with Crippen LogP contribution in [0.15, 0.2) is 66.6 Å². The number of hydrazine groups is 1. The number of carbonyl (C=O) groups excluding carboxylic acids is 2. The van der Waals surface area contributed by atoms with Gasteiger partial charge in [0.05, 0.1) is 12.2 Å². The summed E-state index contributed by atoms with van der Waals surface area (Å²) in [5, 5.41) is 16.1. The van der Waals surface area contributed by atoms with Crippen molar-refractivity contribution >= 4 is 23.2 Å². The van der Waals surface area contributed by atoms with Gasteiger partial charge in [-0.15, -0.1) is 10.2 Å². The minimum atomic E-state index is -0.373. The fourth-order valence-corrected chi connectivity index (χ4v) is 3.75. The molecule has 0 unspecified atom stereocenters. The van der Waals surface area contributed by atoms with E-state index < -0.39 is 0 Å². The molecule has 0 saturated carbocycles. The van der Waals surface area contributed by atoms with E-state index in [1.165, 1.54) is 22.5 Å². The highest BCUT2D eigenvalue weighted by molar-refractivity contribution is 7.13. The predicted octanol–water partition coefficient (Wildman–Crippen LogP) is 1.48. The van der Waals surface area contributed by atoms with Crippen molar-refractivity contribution in [1.29, 1.82) is 0 Å². The number of carbonyl (C=O) groups is 2. The Bertz CT molecular complexity index is 1090. The van der Waals surface area contributed by atoms with E-state index >= 15 is 0 Å². The molecule has 0 aliphatic rings. The molecule has 10 nitrogen and oxygen atoms in total. The zero-order valence-electron chi connectivity index (χ0n) is 18.7. The van der Waals surface area contributed by atoms with E-state index in [-0.39, 0.29) is 17.5 Å². The molecule has 11 heteroatoms. The molecule has 178 valence electrons. The number of unbranched alkanes of at least 4 members (excludes halogenated alkanes) is 1. The molecule has 0 saturated heterocycles. The summed E-state index contributed by atoms with van der Waals surface area (Å²) < 4.78 is 0. The van der Waals surface area contributed by atoms with Crippen molar-refractivity contribution in [2.24, 2.45) is 11.6 Å². The molecule has 0 spiro atoms. The second-order valence-corrected chi connectivity index (χ2v) is 8.51. The molecule has 3 aromatic rings. The van der Waals surface area contributed by atoms with Gasteiger partial charge in [-0.25, -0.2) is 5.84 Å². The first kappa shape index (κ1) is 24.8. The van der Waals surface area contributed by atoms with Gasteiger partial charge in [0.25, 0.3) is 11.8 Å². The number of nitrogens with one attached hydrogen (secondary N) is 2. The third-order valence-corrected chi connectivity index (χ3v) is 5.72. The van der Waals surface area contributed by atoms with Gasteiger partial charge in [-0.05, 0) is 30.5 Å². The third-order valence-electron chi connectivity index (χ3n) is 4.74. The number of hydrogen-bond donors (Lipinski definition) is 4. The van der Waals surface area contributed by atoms with E-state index in [4.69, 9.17) is 11.6 Å². The van der Waals surface area contributed by atoms with Crippen LogP contribution in [0.25, 0.3) is 0 Å². The first-order valence-electron chi connectivity index (χ1n) is 10.8. The number of hydrogen-bond acceptors (Lipinski definition) is 9. The van der Waals surface area contributed by atoms with Gasteiger partial charge >= 0.3 is 0 Å². The molecular weight excluding hydrogens is 452 g/mol. The van der Waals surface area contributed by atoms with Crippen molar-refractivity contribution in [3.8, 4) is 0 Å². The lowest BCUT2D eigenvalue weighted by Gasteiger charge is -2.14. The number of nitrogens with two attached hydrogens (primary N) is 2. The summed E-state index contributed by atoms with van der Waals surface area (Å²) in [6.45, 7) is 1.24. The highest BCUT2D eigenvalue weighted by atomic mass is 32.1. The molecule has 0 radical (unpaired) electrons. The fraction of sp³-hybridized carbons (Fsp3) is 0.261. The zero-order valence-corrected chi connectivity index (χ0v) is 19.5. The van der Waals surface area contributed by atoms with Gasteiger partial charge < -0.3 is 21.4 Å². The van der Waals surface area contributed by atoms with Gasteiger partial charge in [0.2, 0.25) is 5.01 Å². The topological polar surface area (TPSA) is 152 Å². The number of nitrogens with zero attached hydrogens (tertiary/aromatic N) is 4. The van der Waals surface area contributed by atoms with Crippen molar-refractivity contribution in [3.05, 3.63) is 87.9 Å². The van der Waals surface area contributed by atoms with E-state index in [9.17, 15) is 9.59 Å². The van der Waals surface area contributed by atoms with Gasteiger partial charge in [-0.2, -0.15) is 0 Å². The molecule has 3 rings (SSSR count). The number of pyridine rings is 1. The molecule has 1 aromatic carbocycles. The van der Waals surface area contributed by atoms with Crippen LogP contribution in [0, 0.1) is 0 Å². The molecule has 2 aromatic heterocycles. The summed E-state index contributed by atoms with van der Waals surface area (Å²) >= 11 is 1.27. The highest BCUT2D eigenvalue weighted by Crippen LogP contribution is 2.13. The second-order valence-electron chi connectivity index (χ2n) is 7.45. The summed E-state index contributed by atoms with van der Waals surface area (Å²) in [6.07, 6.45) is 5.33. The maximum Gasteiger partial charge on any atom is 0.282 e. The quantitative estimate of drug-likeness (QED) is 0.132. The molecule has 34 heavy (non-hydrogen) atoms. The van der Waals surface area contributed by atoms with Crippen LogP contribution >= 0.6 is 11.3 Å². The third kappa shape index (κ3) is 8.26. The Kier molecular flexibility index (Phi) is 9.50. The van der Waals surface area contributed by atoms with E-state index in [1.807, 2.05) is 48.5 Å². The smallest absolute Gasteiger partial charge is 0.282 e. The minimum absolute atomic E-state index is 0.0453. The van der Waals surface area contributed by atoms with Crippen LogP contribution in [0.5, 0.6) is 0 Å². The van der Waals surface area contributed by atoms with Crippen LogP contribution in [-0.2, 0) is 24.3 Å². The Morgan fingerprint density at radius 1 is 1.00 bits per heavy atom. The standard InChI is InChI=1S/C23H28N8O2S/c24-19(21(32)27-14-17-8-2-1-3-9-17)16-31(25)13-7-5-11-20-29-30-23(34-20)22(33)28-15-18-10-4-6-12-26-18/h1-4,6,8-10,12,16H,5,7,11,13-15,24-25H2,(H,27,32)(H,28,33)/b19-16-. The van der Waals surface area contributed by atoms with Crippen LogP contribution in [0.1, 0.15) is 38.9 Å². The molecule has 0 aliphatic heterocycles. The van der Waals surface area contributed by atoms with Crippen molar-refractivity contribution in [1.82, 2.24) is 30.8 Å². The Hall–Kier alpha value is -3.83. The number of aromatic nitrogens is 3. The van der Waals surface area contributed by atoms with Gasteiger partial charge in [0, 0.05) is 31.9 Å². The number of amides is 2. The number of aryl methyl sites for hydroxylation is 1. The summed E-state index contributed by atoms with van der Waals surface area (Å²) in [6, 6.07) is 15.1. The largest absolute Gasteiger partial charge is 0.393 e. The Morgan fingerprint density at radius 2 is 1.79 bits per heavy atom. The minimum Gasteiger partial charge on any atom is -0.393 e. The van der Waals surface area contributed by atoms with Gasteiger partial charge in [0.15, 0.2) is 0 Å². The van der Waals surface area contributed by atoms with Crippen LogP contribution in [0.3, 0.4) is 0 Å². The second kappa shape index (κ2) is 13.0. The SMILES string of the molecule is N/C(=C\N(N)CCCCc1nnc(C(=O)NCc2ccccn2)s1)C(=O)NCc1ccccc1. The lowest BCUT2D eigenvalue weighted by molar-refractivity contribution is -0.117. The van der Waals surface area contributed by atoms with E-state index in [0.717, 1.165) is 29.1 Å². The lowest BCUT2D eigenvalue weighted by Crippen LogP contribution is -2.33. The molecule has 0 atom stereocenters. The zero-order chi connectivity index (χ0) is 24.2. The number of benzene rings is 1. The highest BCUT2D eigenvalue weighted by Gasteiger charge is 2.13. The Labute approximate surface area is 202 Å². The molecular formula is C23H28N8O2S. The average Bonchev–Trinajstić information content (AvgIpc) is 3.34. The maximum absolute atomic E-state index is 12.2. The molecule has 0 bridgehead atoms. The Balaban J connectivity index is 1.34. The molecule has 0 aliphatic carbocycles. The normalized spacial score (nSPS) is 11.1. The predicted molar refractivity (Wildman–Crippen MR) is 130 cm³/mol. The summed E-state index contributed by atoms with van der Waals surface area (Å²) in [5.74, 6) is 5.29. The van der Waals surface area contributed by atoms with Crippen molar-refractivity contribution in [2.75, 3.05) is 6.54 Å². The van der Waals surface area contributed by atoms with E-state index in [1.54, 1.807) is 6.20 Å². The summed E-state index contributed by atoms with van der Waals surface area (Å²) in [7, 11) is 0. The monoisotopic (exact) mass is 480 g/mol. The molecule has 2 amide bonds. The average molecular weight is 481 g/mol. The maximum atomic E-state index is 12.2. The van der Waals surface area contributed by atoms with Crippen LogP contribution in [-0.4, -0.2) is 38.5 Å². The summed E-state index contributed by atoms with van der Waals surface area (Å²) in [5.41, 5.74) is 7.64. The van der Waals surface area contributed by atoms with Gasteiger partial charge in [-0.1, -0.05) is 47.7 Å². The lowest BCUT2D eigenvalue weighted by atomic mass is 10.2. The summed E-state index contributed by atoms with van der Waals surface area (Å²) in [4.78, 5) is 28.5. The first-order valence-corrected chi connectivity index (χ1v) is 11.6. The van der Waals surface area contributed by atoms with Crippen LogP contribution < -0.4 is 22.2 Å². The molecule has 6 N–H and O–H groups in total. The molecule has 0 fully saturated rings. The number of rotatable bonds is 12. The molecule has 2 heterocycles. The van der Waals surface area contributed by atoms with Crippen molar-refractivity contribution in [2.45, 2.75) is 32.4 Å². The Morgan fingerprint density at radius 3 is 2.56 bits per heavy atom. The van der Waals surface area contributed by atoms with E-state index in [0.29, 0.717) is 31.1 Å². The fourth-order valence-electron chi connectivity index (χ4n) is 2.95. The van der Waals surface area contributed by atoms with Crippen molar-refractivity contribution in [3.63, 3.8) is 0 Å². The van der Waals surface area contributed by atoms with Crippen LogP contribution in [0.4, 0.5) is 0 Å².